The van der Waals surface area contributed by atoms with Crippen molar-refractivity contribution in [3.63, 3.8) is 0 Å². The normalized spacial score (nSPS) is 26.3. The van der Waals surface area contributed by atoms with Crippen LogP contribution < -0.4 is 0 Å². The third kappa shape index (κ3) is 3.32. The Hall–Kier alpha value is -1.72. The van der Waals surface area contributed by atoms with Gasteiger partial charge in [0.05, 0.1) is 4.90 Å². The van der Waals surface area contributed by atoms with Crippen LogP contribution >= 0.6 is 0 Å². The molecule has 1 heterocycles. The van der Waals surface area contributed by atoms with E-state index in [1.165, 1.54) is 0 Å². The first-order valence-electron chi connectivity index (χ1n) is 9.52. The molecule has 0 amide bonds. The number of hydrogen-bond acceptors (Lipinski definition) is 3. The Bertz CT molecular complexity index is 930. The summed E-state index contributed by atoms with van der Waals surface area (Å²) in [7, 11) is -3.56. The minimum Gasteiger partial charge on any atom is -0.294 e. The van der Waals surface area contributed by atoms with E-state index in [1.54, 1.807) is 16.4 Å². The fraction of sp³-hybridized carbons (Fsp3) is 0.500. The maximum absolute atomic E-state index is 13.2. The number of rotatable bonds is 2. The molecule has 2 fully saturated rings. The summed E-state index contributed by atoms with van der Waals surface area (Å²) in [6, 6.07) is 6.99. The molecule has 0 bridgehead atoms. The van der Waals surface area contributed by atoms with Crippen LogP contribution in [0.2, 0.25) is 0 Å². The van der Waals surface area contributed by atoms with Crippen molar-refractivity contribution in [2.75, 3.05) is 13.1 Å². The van der Waals surface area contributed by atoms with Crippen molar-refractivity contribution in [2.45, 2.75) is 46.4 Å². The molecule has 1 aliphatic heterocycles. The van der Waals surface area contributed by atoms with Gasteiger partial charge < -0.3 is 0 Å². The summed E-state index contributed by atoms with van der Waals surface area (Å²) < 4.78 is 27.9. The lowest BCUT2D eigenvalue weighted by Crippen LogP contribution is -2.37. The minimum atomic E-state index is -3.56. The van der Waals surface area contributed by atoms with Gasteiger partial charge in [0.2, 0.25) is 10.0 Å². The predicted molar refractivity (Wildman–Crippen MR) is 108 cm³/mol. The van der Waals surface area contributed by atoms with E-state index in [1.807, 2.05) is 53.7 Å². The van der Waals surface area contributed by atoms with Crippen LogP contribution in [-0.2, 0) is 14.8 Å². The molecule has 1 saturated carbocycles. The highest BCUT2D eigenvalue weighted by Crippen LogP contribution is 2.47. The zero-order valence-electron chi connectivity index (χ0n) is 17.0. The van der Waals surface area contributed by atoms with Crippen molar-refractivity contribution in [3.05, 3.63) is 52.1 Å². The third-order valence-corrected chi connectivity index (χ3v) is 7.82. The van der Waals surface area contributed by atoms with Crippen molar-refractivity contribution in [3.8, 4) is 0 Å². The summed E-state index contributed by atoms with van der Waals surface area (Å²) in [5.41, 5.74) is 5.03. The Balaban J connectivity index is 2.03. The fourth-order valence-corrected chi connectivity index (χ4v) is 6.04. The highest BCUT2D eigenvalue weighted by atomic mass is 32.2. The highest BCUT2D eigenvalue weighted by Gasteiger charge is 2.50. The van der Waals surface area contributed by atoms with Crippen LogP contribution in [0.25, 0.3) is 0 Å². The van der Waals surface area contributed by atoms with Crippen LogP contribution in [0, 0.1) is 24.7 Å². The zero-order chi connectivity index (χ0) is 20.1. The molecule has 0 N–H and O–H groups in total. The first-order chi connectivity index (χ1) is 12.6. The number of benzene rings is 1. The molecule has 4 nitrogen and oxygen atoms in total. The summed E-state index contributed by atoms with van der Waals surface area (Å²) in [6.07, 6.45) is 0. The maximum Gasteiger partial charge on any atom is 0.243 e. The van der Waals surface area contributed by atoms with Gasteiger partial charge in [-0.15, -0.1) is 0 Å². The van der Waals surface area contributed by atoms with E-state index in [9.17, 15) is 13.2 Å². The van der Waals surface area contributed by atoms with Crippen LogP contribution in [0.15, 0.2) is 51.5 Å². The summed E-state index contributed by atoms with van der Waals surface area (Å²) in [5.74, 6) is 0.0989. The quantitative estimate of drug-likeness (QED) is 0.717. The summed E-state index contributed by atoms with van der Waals surface area (Å²) in [5, 5.41) is 0. The molecular formula is C22H29NO3S. The minimum absolute atomic E-state index is 0.0331. The van der Waals surface area contributed by atoms with Crippen molar-refractivity contribution in [1.82, 2.24) is 4.31 Å². The number of Topliss-reactive ketones (excluding diaryl/α,β-unsaturated/α-hetero) is 1. The van der Waals surface area contributed by atoms with Crippen molar-refractivity contribution < 1.29 is 13.2 Å². The highest BCUT2D eigenvalue weighted by molar-refractivity contribution is 7.89. The number of ketones is 1. The molecule has 27 heavy (non-hydrogen) atoms. The van der Waals surface area contributed by atoms with Crippen LogP contribution in [-0.4, -0.2) is 31.6 Å². The lowest BCUT2D eigenvalue weighted by molar-refractivity contribution is -0.121. The van der Waals surface area contributed by atoms with E-state index in [4.69, 9.17) is 0 Å². The zero-order valence-corrected chi connectivity index (χ0v) is 17.9. The molecule has 0 radical (unpaired) electrons. The molecule has 2 aliphatic rings. The third-order valence-electron chi connectivity index (χ3n) is 5.97. The van der Waals surface area contributed by atoms with Gasteiger partial charge in [0.15, 0.2) is 5.78 Å². The number of aryl methyl sites for hydroxylation is 1. The number of sulfonamides is 1. The average molecular weight is 388 g/mol. The van der Waals surface area contributed by atoms with Gasteiger partial charge in [-0.05, 0) is 58.2 Å². The summed E-state index contributed by atoms with van der Waals surface area (Å²) in [6.45, 7) is 12.7. The molecule has 3 unspecified atom stereocenters. The molecule has 0 spiro atoms. The molecule has 1 aliphatic carbocycles. The monoisotopic (exact) mass is 387 g/mol. The van der Waals surface area contributed by atoms with Crippen LogP contribution in [0.5, 0.6) is 0 Å². The summed E-state index contributed by atoms with van der Waals surface area (Å²) >= 11 is 0. The van der Waals surface area contributed by atoms with Gasteiger partial charge in [0, 0.05) is 30.5 Å². The Morgan fingerprint density at radius 3 is 2.11 bits per heavy atom. The van der Waals surface area contributed by atoms with Gasteiger partial charge in [-0.3, -0.25) is 4.79 Å². The van der Waals surface area contributed by atoms with Crippen LogP contribution in [0.3, 0.4) is 0 Å². The maximum atomic E-state index is 13.2. The van der Waals surface area contributed by atoms with Gasteiger partial charge in [-0.25, -0.2) is 8.42 Å². The fourth-order valence-electron chi connectivity index (χ4n) is 4.54. The van der Waals surface area contributed by atoms with Gasteiger partial charge in [0.1, 0.15) is 0 Å². The second kappa shape index (κ2) is 7.02. The Morgan fingerprint density at radius 2 is 1.59 bits per heavy atom. The molecular weight excluding hydrogens is 358 g/mol. The molecule has 1 aromatic carbocycles. The van der Waals surface area contributed by atoms with Gasteiger partial charge >= 0.3 is 0 Å². The second-order valence-corrected chi connectivity index (χ2v) is 10.3. The lowest BCUT2D eigenvalue weighted by Gasteiger charge is -2.35. The number of fused-ring (bicyclic) bond motifs is 1. The number of carbonyl (C=O) groups excluding carboxylic acids is 1. The Labute approximate surface area is 163 Å². The van der Waals surface area contributed by atoms with E-state index < -0.39 is 10.0 Å². The van der Waals surface area contributed by atoms with Crippen molar-refractivity contribution >= 4 is 15.8 Å². The molecule has 5 heteroatoms. The molecule has 3 atom stereocenters. The van der Waals surface area contributed by atoms with Crippen molar-refractivity contribution in [2.24, 2.45) is 17.8 Å². The SMILES string of the molecule is CC(C)=C1C(=O)C(C)C2CN(S(=O)(=O)c3ccc(C)cc3)CC2C1=C(C)C. The van der Waals surface area contributed by atoms with Crippen molar-refractivity contribution in [1.29, 1.82) is 0 Å². The van der Waals surface area contributed by atoms with E-state index in [-0.39, 0.29) is 23.5 Å². The number of hydrogen-bond donors (Lipinski definition) is 0. The van der Waals surface area contributed by atoms with Gasteiger partial charge in [-0.1, -0.05) is 35.8 Å². The lowest BCUT2D eigenvalue weighted by atomic mass is 9.67. The van der Waals surface area contributed by atoms with Gasteiger partial charge in [0.25, 0.3) is 0 Å². The average Bonchev–Trinajstić information content (AvgIpc) is 3.03. The smallest absolute Gasteiger partial charge is 0.243 e. The topological polar surface area (TPSA) is 54.5 Å². The Morgan fingerprint density at radius 1 is 1.00 bits per heavy atom. The molecule has 1 aromatic rings. The number of carbonyl (C=O) groups is 1. The largest absolute Gasteiger partial charge is 0.294 e. The molecule has 0 aromatic heterocycles. The number of allylic oxidation sites excluding steroid dienone is 3. The molecule has 1 saturated heterocycles. The molecule has 146 valence electrons. The predicted octanol–water partition coefficient (Wildman–Crippen LogP) is 4.12. The summed E-state index contributed by atoms with van der Waals surface area (Å²) in [4.78, 5) is 13.4. The Kier molecular flexibility index (Phi) is 5.21. The van der Waals surface area contributed by atoms with E-state index >= 15 is 0 Å². The van der Waals surface area contributed by atoms with E-state index in [2.05, 4.69) is 0 Å². The van der Waals surface area contributed by atoms with Gasteiger partial charge in [-0.2, -0.15) is 4.31 Å². The van der Waals surface area contributed by atoms with Crippen LogP contribution in [0.4, 0.5) is 0 Å². The van der Waals surface area contributed by atoms with Crippen LogP contribution in [0.1, 0.15) is 40.2 Å². The number of nitrogens with zero attached hydrogens (tertiary/aromatic N) is 1. The molecule has 3 rings (SSSR count). The van der Waals surface area contributed by atoms with E-state index in [0.29, 0.717) is 18.0 Å². The standard InChI is InChI=1S/C22H29NO3S/c1-13(2)20-19-12-23(27(25,26)17-9-7-15(5)8-10-17)11-18(19)16(6)22(24)21(20)14(3)4/h7-10,16,18-19H,11-12H2,1-6H3. The first kappa shape index (κ1) is 20.0. The first-order valence-corrected chi connectivity index (χ1v) is 11.0. The second-order valence-electron chi connectivity index (χ2n) is 8.35. The van der Waals surface area contributed by atoms with E-state index in [0.717, 1.165) is 27.9 Å².